The van der Waals surface area contributed by atoms with Gasteiger partial charge < -0.3 is 5.11 Å². The maximum Gasteiger partial charge on any atom is 0.158 e. The molecule has 0 heterocycles. The molecule has 1 aliphatic rings. The SMILES string of the molecule is CC(C)=CCC/C(C)=C/CC/C(C)=C/CC1C(O)C=CC(=O)C1C. The highest BCUT2D eigenvalue weighted by molar-refractivity contribution is 5.92. The zero-order valence-electron chi connectivity index (χ0n) is 16.0. The first-order valence-electron chi connectivity index (χ1n) is 9.16. The number of rotatable bonds is 8. The number of carbonyl (C=O) groups is 1. The molecule has 0 saturated carbocycles. The Labute approximate surface area is 148 Å². The number of allylic oxidation sites excluding steroid dienone is 7. The van der Waals surface area contributed by atoms with E-state index in [0.717, 1.165) is 32.1 Å². The summed E-state index contributed by atoms with van der Waals surface area (Å²) in [7, 11) is 0. The van der Waals surface area contributed by atoms with Crippen LogP contribution in [0, 0.1) is 11.8 Å². The highest BCUT2D eigenvalue weighted by atomic mass is 16.3. The van der Waals surface area contributed by atoms with Gasteiger partial charge in [-0.05, 0) is 65.9 Å². The highest BCUT2D eigenvalue weighted by Gasteiger charge is 2.30. The second-order valence-electron chi connectivity index (χ2n) is 7.40. The molecule has 0 saturated heterocycles. The lowest BCUT2D eigenvalue weighted by Gasteiger charge is -2.27. The molecule has 0 spiro atoms. The van der Waals surface area contributed by atoms with Crippen molar-refractivity contribution in [1.82, 2.24) is 0 Å². The van der Waals surface area contributed by atoms with Gasteiger partial charge in [-0.2, -0.15) is 0 Å². The Morgan fingerprint density at radius 2 is 1.62 bits per heavy atom. The summed E-state index contributed by atoms with van der Waals surface area (Å²) in [6.07, 6.45) is 14.6. The molecule has 0 aromatic rings. The van der Waals surface area contributed by atoms with Crippen LogP contribution in [0.5, 0.6) is 0 Å². The van der Waals surface area contributed by atoms with E-state index >= 15 is 0 Å². The number of hydrogen-bond donors (Lipinski definition) is 1. The molecule has 0 aromatic carbocycles. The van der Waals surface area contributed by atoms with Crippen LogP contribution >= 0.6 is 0 Å². The largest absolute Gasteiger partial charge is 0.389 e. The van der Waals surface area contributed by atoms with Crippen LogP contribution in [0.25, 0.3) is 0 Å². The summed E-state index contributed by atoms with van der Waals surface area (Å²) < 4.78 is 0. The predicted molar refractivity (Wildman–Crippen MR) is 103 cm³/mol. The van der Waals surface area contributed by atoms with Crippen molar-refractivity contribution in [1.29, 1.82) is 0 Å². The lowest BCUT2D eigenvalue weighted by Crippen LogP contribution is -2.32. The van der Waals surface area contributed by atoms with Crippen LogP contribution in [0.4, 0.5) is 0 Å². The lowest BCUT2D eigenvalue weighted by molar-refractivity contribution is -0.121. The fourth-order valence-electron chi connectivity index (χ4n) is 3.01. The smallest absolute Gasteiger partial charge is 0.158 e. The molecule has 2 nitrogen and oxygen atoms in total. The molecule has 0 bridgehead atoms. The van der Waals surface area contributed by atoms with Gasteiger partial charge in [0.25, 0.3) is 0 Å². The van der Waals surface area contributed by atoms with E-state index in [9.17, 15) is 9.90 Å². The first kappa shape index (κ1) is 20.6. The normalized spacial score (nSPS) is 25.1. The Hall–Kier alpha value is -1.41. The fourth-order valence-corrected chi connectivity index (χ4v) is 3.01. The molecule has 1 rings (SSSR count). The van der Waals surface area contributed by atoms with Gasteiger partial charge in [0, 0.05) is 11.8 Å². The lowest BCUT2D eigenvalue weighted by atomic mass is 9.79. The third-order valence-corrected chi connectivity index (χ3v) is 4.85. The Morgan fingerprint density at radius 1 is 1.04 bits per heavy atom. The molecule has 0 radical (unpaired) electrons. The van der Waals surface area contributed by atoms with Crippen LogP contribution in [0.15, 0.2) is 47.1 Å². The van der Waals surface area contributed by atoms with Gasteiger partial charge in [0.1, 0.15) is 0 Å². The molecule has 0 aliphatic heterocycles. The average molecular weight is 331 g/mol. The summed E-state index contributed by atoms with van der Waals surface area (Å²) in [4.78, 5) is 11.7. The summed E-state index contributed by atoms with van der Waals surface area (Å²) >= 11 is 0. The second-order valence-corrected chi connectivity index (χ2v) is 7.40. The summed E-state index contributed by atoms with van der Waals surface area (Å²) in [5.74, 6) is 0.0522. The standard InChI is InChI=1S/C22H34O2/c1-16(2)8-6-9-17(3)10-7-11-18(4)12-13-20-19(5)21(23)14-15-22(20)24/h8,10,12,14-15,19-20,22,24H,6-7,9,11,13H2,1-5H3/b17-10+,18-12+. The molecule has 1 N–H and O–H groups in total. The van der Waals surface area contributed by atoms with E-state index in [2.05, 4.69) is 45.9 Å². The third-order valence-electron chi connectivity index (χ3n) is 4.85. The Kier molecular flexibility index (Phi) is 8.99. The van der Waals surface area contributed by atoms with Crippen LogP contribution < -0.4 is 0 Å². The van der Waals surface area contributed by atoms with Gasteiger partial charge in [-0.25, -0.2) is 0 Å². The Balaban J connectivity index is 2.40. The average Bonchev–Trinajstić information content (AvgIpc) is 2.50. The van der Waals surface area contributed by atoms with Crippen LogP contribution in [-0.4, -0.2) is 17.0 Å². The van der Waals surface area contributed by atoms with Gasteiger partial charge in [0.05, 0.1) is 6.10 Å². The molecular weight excluding hydrogens is 296 g/mol. The van der Waals surface area contributed by atoms with Gasteiger partial charge in [-0.15, -0.1) is 0 Å². The van der Waals surface area contributed by atoms with Crippen molar-refractivity contribution in [3.8, 4) is 0 Å². The van der Waals surface area contributed by atoms with Gasteiger partial charge in [0.15, 0.2) is 5.78 Å². The minimum atomic E-state index is -0.501. The van der Waals surface area contributed by atoms with E-state index < -0.39 is 6.10 Å². The molecule has 0 aromatic heterocycles. The Morgan fingerprint density at radius 3 is 2.25 bits per heavy atom. The number of carbonyl (C=O) groups excluding carboxylic acids is 1. The molecule has 0 fully saturated rings. The highest BCUT2D eigenvalue weighted by Crippen LogP contribution is 2.27. The van der Waals surface area contributed by atoms with Crippen molar-refractivity contribution in [3.05, 3.63) is 47.1 Å². The Bertz CT molecular complexity index is 530. The van der Waals surface area contributed by atoms with E-state index in [1.54, 1.807) is 6.08 Å². The van der Waals surface area contributed by atoms with E-state index in [1.807, 2.05) is 6.92 Å². The van der Waals surface area contributed by atoms with Gasteiger partial charge in [-0.1, -0.05) is 47.9 Å². The van der Waals surface area contributed by atoms with E-state index in [4.69, 9.17) is 0 Å². The molecule has 2 heteroatoms. The van der Waals surface area contributed by atoms with Crippen molar-refractivity contribution < 1.29 is 9.90 Å². The van der Waals surface area contributed by atoms with Crippen molar-refractivity contribution in [2.45, 2.75) is 72.8 Å². The number of aliphatic hydroxyl groups excluding tert-OH is 1. The van der Waals surface area contributed by atoms with Gasteiger partial charge >= 0.3 is 0 Å². The van der Waals surface area contributed by atoms with E-state index in [0.29, 0.717) is 0 Å². The van der Waals surface area contributed by atoms with E-state index in [1.165, 1.54) is 22.8 Å². The summed E-state index contributed by atoms with van der Waals surface area (Å²) in [5.41, 5.74) is 4.17. The first-order valence-corrected chi connectivity index (χ1v) is 9.16. The predicted octanol–water partition coefficient (Wildman–Crippen LogP) is 5.55. The molecule has 3 atom stereocenters. The summed E-state index contributed by atoms with van der Waals surface area (Å²) in [6.45, 7) is 10.5. The maximum atomic E-state index is 11.7. The molecule has 3 unspecified atom stereocenters. The topological polar surface area (TPSA) is 37.3 Å². The third kappa shape index (κ3) is 7.44. The van der Waals surface area contributed by atoms with Crippen LogP contribution in [0.3, 0.4) is 0 Å². The summed E-state index contributed by atoms with van der Waals surface area (Å²) in [5, 5.41) is 10.1. The zero-order valence-corrected chi connectivity index (χ0v) is 16.0. The molecule has 134 valence electrons. The summed E-state index contributed by atoms with van der Waals surface area (Å²) in [6, 6.07) is 0. The molecule has 24 heavy (non-hydrogen) atoms. The molecular formula is C22H34O2. The molecule has 1 aliphatic carbocycles. The van der Waals surface area contributed by atoms with Crippen molar-refractivity contribution >= 4 is 5.78 Å². The maximum absolute atomic E-state index is 11.7. The monoisotopic (exact) mass is 330 g/mol. The second kappa shape index (κ2) is 10.5. The zero-order chi connectivity index (χ0) is 18.1. The quantitative estimate of drug-likeness (QED) is 0.593. The number of hydrogen-bond acceptors (Lipinski definition) is 2. The van der Waals surface area contributed by atoms with Crippen molar-refractivity contribution in [2.75, 3.05) is 0 Å². The first-order chi connectivity index (χ1) is 11.3. The van der Waals surface area contributed by atoms with Gasteiger partial charge in [0.2, 0.25) is 0 Å². The van der Waals surface area contributed by atoms with Crippen molar-refractivity contribution in [3.63, 3.8) is 0 Å². The number of aliphatic hydroxyl groups is 1. The fraction of sp³-hybridized carbons (Fsp3) is 0.591. The minimum absolute atomic E-state index is 0.0128. The minimum Gasteiger partial charge on any atom is -0.389 e. The van der Waals surface area contributed by atoms with Crippen LogP contribution in [0.2, 0.25) is 0 Å². The molecule has 0 amide bonds. The number of ketones is 1. The van der Waals surface area contributed by atoms with Crippen LogP contribution in [0.1, 0.15) is 66.7 Å². The van der Waals surface area contributed by atoms with E-state index in [-0.39, 0.29) is 17.6 Å². The van der Waals surface area contributed by atoms with Crippen LogP contribution in [-0.2, 0) is 4.79 Å². The van der Waals surface area contributed by atoms with Gasteiger partial charge in [-0.3, -0.25) is 4.79 Å². The van der Waals surface area contributed by atoms with Crippen molar-refractivity contribution in [2.24, 2.45) is 11.8 Å².